The first kappa shape index (κ1) is 21.5. The minimum atomic E-state index is -0.452. The van der Waals surface area contributed by atoms with Gasteiger partial charge in [-0.1, -0.05) is 15.9 Å². The van der Waals surface area contributed by atoms with Crippen LogP contribution >= 0.6 is 31.9 Å². The third-order valence-electron chi connectivity index (χ3n) is 4.36. The lowest BCUT2D eigenvalue weighted by atomic mass is 10.2. The zero-order valence-electron chi connectivity index (χ0n) is 15.6. The molecular weight excluding hydrogens is 510 g/mol. The molecule has 1 saturated heterocycles. The number of nitrogens with zero attached hydrogens (tertiary/aromatic N) is 2. The molecule has 3 rings (SSSR count). The van der Waals surface area contributed by atoms with Gasteiger partial charge in [0.2, 0.25) is 0 Å². The van der Waals surface area contributed by atoms with Crippen LogP contribution in [0.15, 0.2) is 39.3 Å². The summed E-state index contributed by atoms with van der Waals surface area (Å²) < 4.78 is 12.7. The molecule has 0 spiro atoms. The van der Waals surface area contributed by atoms with E-state index in [1.165, 1.54) is 12.1 Å². The first-order valence-corrected chi connectivity index (χ1v) is 10.4. The number of anilines is 2. The molecule has 1 N–H and O–H groups in total. The molecule has 1 fully saturated rings. The van der Waals surface area contributed by atoms with Crippen LogP contribution in [0.1, 0.15) is 5.56 Å². The minimum Gasteiger partial charge on any atom is -0.482 e. The number of nitro benzene ring substituents is 1. The smallest absolute Gasteiger partial charge is 0.271 e. The molecule has 10 heteroatoms. The van der Waals surface area contributed by atoms with Crippen LogP contribution in [0.2, 0.25) is 0 Å². The Balaban J connectivity index is 1.75. The lowest BCUT2D eigenvalue weighted by Gasteiger charge is -2.30. The Morgan fingerprint density at radius 1 is 1.28 bits per heavy atom. The molecular formula is C19H19Br2N3O5. The molecule has 0 bridgehead atoms. The fourth-order valence-electron chi connectivity index (χ4n) is 3.00. The first-order chi connectivity index (χ1) is 13.8. The summed E-state index contributed by atoms with van der Waals surface area (Å²) in [4.78, 5) is 25.2. The van der Waals surface area contributed by atoms with E-state index in [1.54, 1.807) is 6.07 Å². The van der Waals surface area contributed by atoms with Crippen molar-refractivity contribution >= 4 is 54.8 Å². The molecule has 0 saturated carbocycles. The molecule has 1 heterocycles. The largest absolute Gasteiger partial charge is 0.482 e. The van der Waals surface area contributed by atoms with Crippen LogP contribution in [-0.4, -0.2) is 43.7 Å². The van der Waals surface area contributed by atoms with Crippen LogP contribution < -0.4 is 15.0 Å². The van der Waals surface area contributed by atoms with E-state index in [9.17, 15) is 14.9 Å². The number of carbonyl (C=O) groups is 1. The summed E-state index contributed by atoms with van der Waals surface area (Å²) in [5.41, 5.74) is 1.94. The van der Waals surface area contributed by atoms with E-state index >= 15 is 0 Å². The number of nitrogens with one attached hydrogen (secondary N) is 1. The third-order valence-corrected chi connectivity index (χ3v) is 5.41. The van der Waals surface area contributed by atoms with Crippen molar-refractivity contribution in [1.29, 1.82) is 0 Å². The topological polar surface area (TPSA) is 93.9 Å². The summed E-state index contributed by atoms with van der Waals surface area (Å²) in [6.07, 6.45) is 0. The summed E-state index contributed by atoms with van der Waals surface area (Å²) in [7, 11) is 0. The standard InChI is InChI=1S/C19H19Br2N3O5/c1-12-8-13(20)9-15(21)19(12)29-11-18(25)22-16-3-2-14(24(26)27)10-17(16)23-4-6-28-7-5-23/h2-3,8-10H,4-7,11H2,1H3,(H,22,25). The molecule has 154 valence electrons. The van der Waals surface area contributed by atoms with E-state index < -0.39 is 4.92 Å². The number of rotatable bonds is 6. The molecule has 2 aromatic carbocycles. The van der Waals surface area contributed by atoms with Crippen molar-refractivity contribution in [2.75, 3.05) is 43.1 Å². The van der Waals surface area contributed by atoms with Crippen LogP contribution in [0.3, 0.4) is 0 Å². The Labute approximate surface area is 184 Å². The van der Waals surface area contributed by atoms with Crippen LogP contribution in [0.25, 0.3) is 0 Å². The highest BCUT2D eigenvalue weighted by Crippen LogP contribution is 2.33. The average Bonchev–Trinajstić information content (AvgIpc) is 2.68. The van der Waals surface area contributed by atoms with E-state index in [2.05, 4.69) is 37.2 Å². The van der Waals surface area contributed by atoms with Gasteiger partial charge in [-0.3, -0.25) is 14.9 Å². The van der Waals surface area contributed by atoms with Gasteiger partial charge in [0.15, 0.2) is 6.61 Å². The highest BCUT2D eigenvalue weighted by molar-refractivity contribution is 9.11. The van der Waals surface area contributed by atoms with Crippen molar-refractivity contribution in [2.45, 2.75) is 6.92 Å². The van der Waals surface area contributed by atoms with Gasteiger partial charge >= 0.3 is 0 Å². The molecule has 0 radical (unpaired) electrons. The minimum absolute atomic E-state index is 0.0323. The van der Waals surface area contributed by atoms with Crippen LogP contribution in [0, 0.1) is 17.0 Å². The zero-order chi connectivity index (χ0) is 21.0. The average molecular weight is 529 g/mol. The van der Waals surface area contributed by atoms with E-state index in [1.807, 2.05) is 24.0 Å². The van der Waals surface area contributed by atoms with E-state index in [4.69, 9.17) is 9.47 Å². The summed E-state index contributed by atoms with van der Waals surface area (Å²) in [5, 5.41) is 14.0. The van der Waals surface area contributed by atoms with Gasteiger partial charge in [-0.2, -0.15) is 0 Å². The number of aryl methyl sites for hydroxylation is 1. The lowest BCUT2D eigenvalue weighted by Crippen LogP contribution is -2.37. The highest BCUT2D eigenvalue weighted by atomic mass is 79.9. The fraction of sp³-hybridized carbons (Fsp3) is 0.316. The molecule has 0 unspecified atom stereocenters. The number of benzene rings is 2. The summed E-state index contributed by atoms with van der Waals surface area (Å²) in [6, 6.07) is 8.12. The molecule has 8 nitrogen and oxygen atoms in total. The Bertz CT molecular complexity index is 909. The zero-order valence-corrected chi connectivity index (χ0v) is 18.8. The van der Waals surface area contributed by atoms with Gasteiger partial charge in [-0.05, 0) is 46.6 Å². The van der Waals surface area contributed by atoms with Crippen molar-refractivity contribution in [3.05, 3.63) is 55.0 Å². The third kappa shape index (κ3) is 5.46. The molecule has 2 aromatic rings. The maximum atomic E-state index is 12.5. The maximum absolute atomic E-state index is 12.5. The monoisotopic (exact) mass is 527 g/mol. The number of carbonyl (C=O) groups excluding carboxylic acids is 1. The fourth-order valence-corrected chi connectivity index (χ4v) is 4.55. The van der Waals surface area contributed by atoms with Crippen LogP contribution in [-0.2, 0) is 9.53 Å². The number of ether oxygens (including phenoxy) is 2. The molecule has 0 aliphatic carbocycles. The Morgan fingerprint density at radius 3 is 2.66 bits per heavy atom. The summed E-state index contributed by atoms with van der Waals surface area (Å²) in [5.74, 6) is 0.225. The van der Waals surface area contributed by atoms with Gasteiger partial charge < -0.3 is 19.7 Å². The Morgan fingerprint density at radius 2 is 2.00 bits per heavy atom. The van der Waals surface area contributed by atoms with Crippen molar-refractivity contribution in [1.82, 2.24) is 0 Å². The Hall–Kier alpha value is -2.17. The predicted octanol–water partition coefficient (Wildman–Crippen LogP) is 4.28. The lowest BCUT2D eigenvalue weighted by molar-refractivity contribution is -0.384. The Kier molecular flexibility index (Phi) is 7.09. The van der Waals surface area contributed by atoms with E-state index in [0.29, 0.717) is 43.4 Å². The van der Waals surface area contributed by atoms with Crippen LogP contribution in [0.5, 0.6) is 5.75 Å². The van der Waals surface area contributed by atoms with Gasteiger partial charge in [0.05, 0.1) is 34.0 Å². The second-order valence-electron chi connectivity index (χ2n) is 6.43. The van der Waals surface area contributed by atoms with Gasteiger partial charge in [0.25, 0.3) is 11.6 Å². The quantitative estimate of drug-likeness (QED) is 0.444. The number of hydrogen-bond donors (Lipinski definition) is 1. The van der Waals surface area contributed by atoms with Crippen molar-refractivity contribution in [2.24, 2.45) is 0 Å². The van der Waals surface area contributed by atoms with Gasteiger partial charge in [0.1, 0.15) is 5.75 Å². The number of morpholine rings is 1. The SMILES string of the molecule is Cc1cc(Br)cc(Br)c1OCC(=O)Nc1ccc([N+](=O)[O-])cc1N1CCOCC1. The number of nitro groups is 1. The molecule has 1 aliphatic heterocycles. The molecule has 0 atom stereocenters. The molecule has 29 heavy (non-hydrogen) atoms. The first-order valence-electron chi connectivity index (χ1n) is 8.84. The second kappa shape index (κ2) is 9.55. The second-order valence-corrected chi connectivity index (χ2v) is 8.20. The van der Waals surface area contributed by atoms with Crippen molar-refractivity contribution in [3.63, 3.8) is 0 Å². The number of hydrogen-bond acceptors (Lipinski definition) is 6. The van der Waals surface area contributed by atoms with E-state index in [0.717, 1.165) is 14.5 Å². The number of non-ortho nitro benzene ring substituents is 1. The molecule has 0 aromatic heterocycles. The van der Waals surface area contributed by atoms with Gasteiger partial charge in [-0.25, -0.2) is 0 Å². The normalized spacial score (nSPS) is 13.8. The number of amides is 1. The van der Waals surface area contributed by atoms with Crippen molar-refractivity contribution < 1.29 is 19.2 Å². The molecule has 1 amide bonds. The van der Waals surface area contributed by atoms with E-state index in [-0.39, 0.29) is 18.2 Å². The van der Waals surface area contributed by atoms with Crippen LogP contribution in [0.4, 0.5) is 17.1 Å². The summed E-state index contributed by atoms with van der Waals surface area (Å²) >= 11 is 6.84. The number of halogens is 2. The van der Waals surface area contributed by atoms with Gasteiger partial charge in [0, 0.05) is 29.7 Å². The highest BCUT2D eigenvalue weighted by Gasteiger charge is 2.20. The maximum Gasteiger partial charge on any atom is 0.271 e. The van der Waals surface area contributed by atoms with Gasteiger partial charge in [-0.15, -0.1) is 0 Å². The summed E-state index contributed by atoms with van der Waals surface area (Å²) in [6.45, 7) is 3.92. The van der Waals surface area contributed by atoms with Crippen molar-refractivity contribution in [3.8, 4) is 5.75 Å². The molecule has 1 aliphatic rings. The predicted molar refractivity (Wildman–Crippen MR) is 117 cm³/mol.